The predicted molar refractivity (Wildman–Crippen MR) is 94.4 cm³/mol. The average Bonchev–Trinajstić information content (AvgIpc) is 2.94. The summed E-state index contributed by atoms with van der Waals surface area (Å²) in [6, 6.07) is 24.7. The molecule has 104 valence electrons. The van der Waals surface area contributed by atoms with Gasteiger partial charge in [0.2, 0.25) is 0 Å². The van der Waals surface area contributed by atoms with Gasteiger partial charge in [0.1, 0.15) is 0 Å². The average molecular weight is 280 g/mol. The zero-order valence-corrected chi connectivity index (χ0v) is 12.6. The maximum Gasteiger partial charge on any atom is -0.000112 e. The lowest BCUT2D eigenvalue weighted by molar-refractivity contribution is 1.31. The fraction of sp³-hybridized carbons (Fsp3) is 0.0909. The molecule has 4 aromatic rings. The van der Waals surface area contributed by atoms with E-state index in [-0.39, 0.29) is 0 Å². The molecule has 0 aromatic heterocycles. The highest BCUT2D eigenvalue weighted by molar-refractivity contribution is 6.00. The van der Waals surface area contributed by atoms with Gasteiger partial charge in [0, 0.05) is 0 Å². The van der Waals surface area contributed by atoms with Crippen LogP contribution in [0, 0.1) is 6.92 Å². The minimum Gasteiger partial charge on any atom is -0.0616 e. The van der Waals surface area contributed by atoms with Crippen LogP contribution in [0.3, 0.4) is 0 Å². The van der Waals surface area contributed by atoms with Gasteiger partial charge in [-0.25, -0.2) is 0 Å². The molecule has 0 aliphatic heterocycles. The van der Waals surface area contributed by atoms with Crippen LogP contribution in [0.15, 0.2) is 66.7 Å². The molecule has 0 heterocycles. The van der Waals surface area contributed by atoms with E-state index in [0.29, 0.717) is 0 Å². The van der Waals surface area contributed by atoms with Gasteiger partial charge in [0.15, 0.2) is 0 Å². The van der Waals surface area contributed by atoms with Crippen LogP contribution < -0.4 is 0 Å². The van der Waals surface area contributed by atoms with Crippen molar-refractivity contribution in [3.63, 3.8) is 0 Å². The van der Waals surface area contributed by atoms with Crippen LogP contribution in [0.4, 0.5) is 0 Å². The molecule has 0 nitrogen and oxygen atoms in total. The first kappa shape index (κ1) is 12.0. The number of benzene rings is 4. The van der Waals surface area contributed by atoms with Crippen LogP contribution in [0.1, 0.15) is 16.7 Å². The van der Waals surface area contributed by atoms with Crippen molar-refractivity contribution in [3.05, 3.63) is 83.4 Å². The highest BCUT2D eigenvalue weighted by atomic mass is 14.2. The molecule has 1 aliphatic rings. The number of aryl methyl sites for hydroxylation is 1. The second-order valence-electron chi connectivity index (χ2n) is 6.31. The van der Waals surface area contributed by atoms with Gasteiger partial charge in [0.05, 0.1) is 0 Å². The molecule has 22 heavy (non-hydrogen) atoms. The lowest BCUT2D eigenvalue weighted by Gasteiger charge is -2.06. The third-order valence-electron chi connectivity index (χ3n) is 4.97. The van der Waals surface area contributed by atoms with E-state index in [1.165, 1.54) is 49.4 Å². The molecule has 5 rings (SSSR count). The molecule has 0 bridgehead atoms. The Hall–Kier alpha value is -2.60. The summed E-state index contributed by atoms with van der Waals surface area (Å²) in [5, 5.41) is 5.50. The van der Waals surface area contributed by atoms with Gasteiger partial charge in [-0.2, -0.15) is 0 Å². The zero-order chi connectivity index (χ0) is 14.7. The molecule has 0 N–H and O–H groups in total. The Kier molecular flexibility index (Phi) is 2.29. The number of hydrogen-bond acceptors (Lipinski definition) is 0. The lowest BCUT2D eigenvalue weighted by Crippen LogP contribution is -1.85. The van der Waals surface area contributed by atoms with Crippen molar-refractivity contribution >= 4 is 21.5 Å². The van der Waals surface area contributed by atoms with E-state index in [1.54, 1.807) is 0 Å². The third-order valence-corrected chi connectivity index (χ3v) is 4.97. The minimum atomic E-state index is 1.05. The van der Waals surface area contributed by atoms with E-state index in [4.69, 9.17) is 0 Å². The molecular formula is C22H16. The first-order valence-electron chi connectivity index (χ1n) is 7.84. The smallest absolute Gasteiger partial charge is 0.000112 e. The Labute approximate surface area is 130 Å². The van der Waals surface area contributed by atoms with Crippen LogP contribution in [0.2, 0.25) is 0 Å². The van der Waals surface area contributed by atoms with Gasteiger partial charge in [-0.05, 0) is 57.1 Å². The quantitative estimate of drug-likeness (QED) is 0.332. The summed E-state index contributed by atoms with van der Waals surface area (Å²) < 4.78 is 0. The summed E-state index contributed by atoms with van der Waals surface area (Å²) in [6.07, 6.45) is 1.05. The largest absolute Gasteiger partial charge is 0.0616 e. The SMILES string of the molecule is Cc1ccc2c3c(ccc2c1)-c1ccc2ccccc2c1C3. The maximum atomic E-state index is 2.30. The van der Waals surface area contributed by atoms with Gasteiger partial charge in [-0.1, -0.05) is 72.3 Å². The molecule has 0 unspecified atom stereocenters. The third kappa shape index (κ3) is 1.52. The molecule has 0 amide bonds. The van der Waals surface area contributed by atoms with Gasteiger partial charge >= 0.3 is 0 Å². The zero-order valence-electron chi connectivity index (χ0n) is 12.6. The van der Waals surface area contributed by atoms with E-state index < -0.39 is 0 Å². The van der Waals surface area contributed by atoms with E-state index in [0.717, 1.165) is 6.42 Å². The first-order valence-corrected chi connectivity index (χ1v) is 7.84. The Morgan fingerprint density at radius 2 is 1.32 bits per heavy atom. The number of rotatable bonds is 0. The van der Waals surface area contributed by atoms with Gasteiger partial charge in [-0.3, -0.25) is 0 Å². The summed E-state index contributed by atoms with van der Waals surface area (Å²) in [5.74, 6) is 0. The maximum absolute atomic E-state index is 2.30. The Morgan fingerprint density at radius 3 is 2.14 bits per heavy atom. The standard InChI is InChI=1S/C22H16/c1-14-6-9-18-16(12-14)8-11-20-19-10-7-15-4-2-3-5-17(15)21(19)13-22(18)20/h2-12H,13H2,1H3. The van der Waals surface area contributed by atoms with Crippen molar-refractivity contribution in [2.45, 2.75) is 13.3 Å². The fourth-order valence-corrected chi connectivity index (χ4v) is 3.91. The van der Waals surface area contributed by atoms with E-state index in [2.05, 4.69) is 73.7 Å². The van der Waals surface area contributed by atoms with Crippen molar-refractivity contribution in [3.8, 4) is 11.1 Å². The predicted octanol–water partition coefficient (Wildman–Crippen LogP) is 5.87. The summed E-state index contributed by atoms with van der Waals surface area (Å²) >= 11 is 0. The first-order chi connectivity index (χ1) is 10.8. The Morgan fingerprint density at radius 1 is 0.636 bits per heavy atom. The summed E-state index contributed by atoms with van der Waals surface area (Å²) in [6.45, 7) is 2.16. The molecule has 1 aliphatic carbocycles. The molecule has 4 aromatic carbocycles. The van der Waals surface area contributed by atoms with E-state index >= 15 is 0 Å². The van der Waals surface area contributed by atoms with Crippen molar-refractivity contribution in [2.24, 2.45) is 0 Å². The highest BCUT2D eigenvalue weighted by Crippen LogP contribution is 2.43. The number of fused-ring (bicyclic) bond motifs is 7. The molecule has 0 heteroatoms. The van der Waals surface area contributed by atoms with Crippen LogP contribution >= 0.6 is 0 Å². The van der Waals surface area contributed by atoms with Crippen molar-refractivity contribution in [1.82, 2.24) is 0 Å². The lowest BCUT2D eigenvalue weighted by atomic mass is 9.98. The summed E-state index contributed by atoms with van der Waals surface area (Å²) in [7, 11) is 0. The molecule has 0 atom stereocenters. The van der Waals surface area contributed by atoms with Gasteiger partial charge in [-0.15, -0.1) is 0 Å². The van der Waals surface area contributed by atoms with Crippen LogP contribution in [-0.2, 0) is 6.42 Å². The normalized spacial score (nSPS) is 12.6. The van der Waals surface area contributed by atoms with E-state index in [9.17, 15) is 0 Å². The molecular weight excluding hydrogens is 264 g/mol. The monoisotopic (exact) mass is 280 g/mol. The van der Waals surface area contributed by atoms with Gasteiger partial charge < -0.3 is 0 Å². The van der Waals surface area contributed by atoms with Gasteiger partial charge in [0.25, 0.3) is 0 Å². The molecule has 0 fully saturated rings. The summed E-state index contributed by atoms with van der Waals surface area (Å²) in [5.41, 5.74) is 7.13. The molecule has 0 saturated carbocycles. The second-order valence-corrected chi connectivity index (χ2v) is 6.31. The number of hydrogen-bond donors (Lipinski definition) is 0. The molecule has 0 spiro atoms. The van der Waals surface area contributed by atoms with Crippen molar-refractivity contribution in [1.29, 1.82) is 0 Å². The Balaban J connectivity index is 1.85. The van der Waals surface area contributed by atoms with Crippen LogP contribution in [0.25, 0.3) is 32.7 Å². The highest BCUT2D eigenvalue weighted by Gasteiger charge is 2.22. The topological polar surface area (TPSA) is 0 Å². The van der Waals surface area contributed by atoms with Crippen LogP contribution in [0.5, 0.6) is 0 Å². The fourth-order valence-electron chi connectivity index (χ4n) is 3.91. The Bertz CT molecular complexity index is 1050. The summed E-state index contributed by atoms with van der Waals surface area (Å²) in [4.78, 5) is 0. The minimum absolute atomic E-state index is 1.05. The second kappa shape index (κ2) is 4.20. The molecule has 0 saturated heterocycles. The van der Waals surface area contributed by atoms with E-state index in [1.807, 2.05) is 0 Å². The van der Waals surface area contributed by atoms with Crippen molar-refractivity contribution in [2.75, 3.05) is 0 Å². The van der Waals surface area contributed by atoms with Crippen molar-refractivity contribution < 1.29 is 0 Å². The van der Waals surface area contributed by atoms with Crippen LogP contribution in [-0.4, -0.2) is 0 Å². The molecule has 0 radical (unpaired) electrons.